The van der Waals surface area contributed by atoms with Crippen LogP contribution in [0.25, 0.3) is 11.1 Å². The lowest BCUT2D eigenvalue weighted by Crippen LogP contribution is -2.38. The zero-order valence-corrected chi connectivity index (χ0v) is 19.2. The number of rotatable bonds is 10. The predicted molar refractivity (Wildman–Crippen MR) is 126 cm³/mol. The molecule has 2 saturated carbocycles. The van der Waals surface area contributed by atoms with Crippen molar-refractivity contribution in [1.29, 1.82) is 0 Å². The van der Waals surface area contributed by atoms with Crippen LogP contribution < -0.4 is 16.0 Å². The van der Waals surface area contributed by atoms with Crippen LogP contribution in [0.1, 0.15) is 38.5 Å². The Hall–Kier alpha value is -1.96. The van der Waals surface area contributed by atoms with Gasteiger partial charge in [0.15, 0.2) is 0 Å². The average Bonchev–Trinajstić information content (AvgIpc) is 3.53. The molecular weight excluding hydrogens is 434 g/mol. The topological polar surface area (TPSA) is 58.2 Å². The molecule has 8 heteroatoms. The number of aromatic nitrogens is 1. The Labute approximate surface area is 193 Å². The molecule has 1 aromatic heterocycles. The lowest BCUT2D eigenvalue weighted by Gasteiger charge is -2.30. The van der Waals surface area contributed by atoms with Gasteiger partial charge in [-0.25, -0.2) is 13.8 Å². The first-order valence-electron chi connectivity index (χ1n) is 11.3. The summed E-state index contributed by atoms with van der Waals surface area (Å²) in [4.78, 5) is 4.44. The summed E-state index contributed by atoms with van der Waals surface area (Å²) >= 11 is 6.42. The maximum absolute atomic E-state index is 14.2. The van der Waals surface area contributed by atoms with Crippen LogP contribution in [0.5, 0.6) is 0 Å². The van der Waals surface area contributed by atoms with Gasteiger partial charge >= 0.3 is 0 Å². The highest BCUT2D eigenvalue weighted by Crippen LogP contribution is 2.40. The summed E-state index contributed by atoms with van der Waals surface area (Å²) in [5.74, 6) is 0.345. The van der Waals surface area contributed by atoms with Crippen LogP contribution in [-0.2, 0) is 4.74 Å². The van der Waals surface area contributed by atoms with Crippen LogP contribution in [0, 0.1) is 5.82 Å². The number of pyridine rings is 1. The van der Waals surface area contributed by atoms with Gasteiger partial charge in [-0.3, -0.25) is 0 Å². The highest BCUT2D eigenvalue weighted by Gasteiger charge is 2.42. The van der Waals surface area contributed by atoms with E-state index in [0.717, 1.165) is 55.8 Å². The summed E-state index contributed by atoms with van der Waals surface area (Å²) in [6.07, 6.45) is 6.99. The summed E-state index contributed by atoms with van der Waals surface area (Å²) in [6.45, 7) is 1.72. The Kier molecular flexibility index (Phi) is 7.48. The van der Waals surface area contributed by atoms with Crippen molar-refractivity contribution in [2.24, 2.45) is 0 Å². The maximum atomic E-state index is 14.2. The molecule has 3 N–H and O–H groups in total. The normalized spacial score (nSPS) is 21.9. The first-order chi connectivity index (χ1) is 15.5. The molecule has 0 radical (unpaired) electrons. The van der Waals surface area contributed by atoms with Crippen molar-refractivity contribution in [2.45, 2.75) is 56.3 Å². The van der Waals surface area contributed by atoms with Crippen LogP contribution in [-0.4, -0.2) is 49.5 Å². The summed E-state index contributed by atoms with van der Waals surface area (Å²) in [5.41, 5.74) is 0.613. The van der Waals surface area contributed by atoms with Gasteiger partial charge in [0.1, 0.15) is 17.3 Å². The molecule has 2 aromatic rings. The number of nitrogens with one attached hydrogen (secondary N) is 3. The quantitative estimate of drug-likeness (QED) is 0.410. The molecular formula is C24H31ClF2N4O. The van der Waals surface area contributed by atoms with E-state index in [1.807, 2.05) is 6.07 Å². The standard InChI is InChI=1S/C24H31ClF2N4O/c1-32-11-10-28-17-3-5-18(6-4-17)31-23-13-19(20(25)14-29-23)16-2-7-21(26)22(12-16)30-15-24(27)8-9-24/h2,7,12-14,17-18,28,30H,3-6,8-11,15H2,1H3,(H,29,31). The van der Waals surface area contributed by atoms with Gasteiger partial charge in [-0.15, -0.1) is 0 Å². The van der Waals surface area contributed by atoms with E-state index < -0.39 is 11.5 Å². The molecule has 2 aliphatic rings. The lowest BCUT2D eigenvalue weighted by atomic mass is 9.91. The minimum atomic E-state index is -1.20. The molecule has 0 spiro atoms. The first kappa shape index (κ1) is 23.2. The lowest BCUT2D eigenvalue weighted by molar-refractivity contribution is 0.191. The fourth-order valence-electron chi connectivity index (χ4n) is 4.15. The van der Waals surface area contributed by atoms with Gasteiger partial charge in [-0.1, -0.05) is 17.7 Å². The molecule has 4 rings (SSSR count). The maximum Gasteiger partial charge on any atom is 0.146 e. The third kappa shape index (κ3) is 6.09. The van der Waals surface area contributed by atoms with Crippen LogP contribution in [0.2, 0.25) is 5.02 Å². The Morgan fingerprint density at radius 1 is 1.16 bits per heavy atom. The largest absolute Gasteiger partial charge is 0.383 e. The van der Waals surface area contributed by atoms with Crippen LogP contribution in [0.4, 0.5) is 20.3 Å². The van der Waals surface area contributed by atoms with E-state index in [4.69, 9.17) is 16.3 Å². The smallest absolute Gasteiger partial charge is 0.146 e. The zero-order chi connectivity index (χ0) is 22.6. The van der Waals surface area contributed by atoms with Gasteiger partial charge in [0.05, 0.1) is 17.3 Å². The summed E-state index contributed by atoms with van der Waals surface area (Å²) in [6, 6.07) is 7.54. The minimum absolute atomic E-state index is 0.118. The summed E-state index contributed by atoms with van der Waals surface area (Å²) < 4.78 is 33.3. The monoisotopic (exact) mass is 464 g/mol. The van der Waals surface area contributed by atoms with Crippen LogP contribution >= 0.6 is 11.6 Å². The molecule has 0 atom stereocenters. The van der Waals surface area contributed by atoms with E-state index in [9.17, 15) is 8.78 Å². The number of halogens is 3. The fourth-order valence-corrected chi connectivity index (χ4v) is 4.36. The van der Waals surface area contributed by atoms with Crippen molar-refractivity contribution in [2.75, 3.05) is 37.4 Å². The van der Waals surface area contributed by atoms with Crippen LogP contribution in [0.15, 0.2) is 30.5 Å². The predicted octanol–water partition coefficient (Wildman–Crippen LogP) is 5.41. The molecule has 2 aliphatic carbocycles. The molecule has 0 bridgehead atoms. The van der Waals surface area contributed by atoms with Crippen molar-refractivity contribution in [3.63, 3.8) is 0 Å². The van der Waals surface area contributed by atoms with Crippen LogP contribution in [0.3, 0.4) is 0 Å². The first-order valence-corrected chi connectivity index (χ1v) is 11.7. The number of hydrogen-bond donors (Lipinski definition) is 3. The SMILES string of the molecule is COCCNC1CCC(Nc2cc(-c3ccc(F)c(NCC4(F)CC4)c3)c(Cl)cn2)CC1. The number of benzene rings is 1. The second kappa shape index (κ2) is 10.3. The molecule has 2 fully saturated rings. The Bertz CT molecular complexity index is 917. The number of ether oxygens (including phenoxy) is 1. The highest BCUT2D eigenvalue weighted by molar-refractivity contribution is 6.33. The van der Waals surface area contributed by atoms with Gasteiger partial charge in [-0.2, -0.15) is 0 Å². The molecule has 0 unspecified atom stereocenters. The summed E-state index contributed by atoms with van der Waals surface area (Å²) in [5, 5.41) is 10.5. The number of methoxy groups -OCH3 is 1. The Morgan fingerprint density at radius 2 is 1.91 bits per heavy atom. The molecule has 32 heavy (non-hydrogen) atoms. The highest BCUT2D eigenvalue weighted by atomic mass is 35.5. The molecule has 174 valence electrons. The molecule has 0 amide bonds. The third-order valence-corrected chi connectivity index (χ3v) is 6.64. The number of nitrogens with zero attached hydrogens (tertiary/aromatic N) is 1. The van der Waals surface area contributed by atoms with Gasteiger partial charge in [-0.05, 0) is 62.3 Å². The molecule has 1 aromatic carbocycles. The third-order valence-electron chi connectivity index (χ3n) is 6.34. The van der Waals surface area contributed by atoms with Gasteiger partial charge < -0.3 is 20.7 Å². The number of anilines is 2. The molecule has 0 saturated heterocycles. The number of alkyl halides is 1. The van der Waals surface area contributed by atoms with Crippen molar-refractivity contribution in [3.05, 3.63) is 41.3 Å². The van der Waals surface area contributed by atoms with E-state index in [-0.39, 0.29) is 12.2 Å². The van der Waals surface area contributed by atoms with Crippen molar-refractivity contribution >= 4 is 23.1 Å². The van der Waals surface area contributed by atoms with Crippen molar-refractivity contribution < 1.29 is 13.5 Å². The number of hydrogen-bond acceptors (Lipinski definition) is 5. The second-order valence-electron chi connectivity index (χ2n) is 8.89. The van der Waals surface area contributed by atoms with Crippen molar-refractivity contribution in [1.82, 2.24) is 10.3 Å². The van der Waals surface area contributed by atoms with Crippen molar-refractivity contribution in [3.8, 4) is 11.1 Å². The van der Waals surface area contributed by atoms with E-state index in [1.165, 1.54) is 6.07 Å². The minimum Gasteiger partial charge on any atom is -0.383 e. The van der Waals surface area contributed by atoms with E-state index in [2.05, 4.69) is 20.9 Å². The Morgan fingerprint density at radius 3 is 2.62 bits per heavy atom. The summed E-state index contributed by atoms with van der Waals surface area (Å²) in [7, 11) is 1.71. The van der Waals surface area contributed by atoms with Gasteiger partial charge in [0.25, 0.3) is 0 Å². The molecule has 1 heterocycles. The second-order valence-corrected chi connectivity index (χ2v) is 9.30. The average molecular weight is 465 g/mol. The molecule has 5 nitrogen and oxygen atoms in total. The molecule has 0 aliphatic heterocycles. The Balaban J connectivity index is 1.40. The zero-order valence-electron chi connectivity index (χ0n) is 18.4. The van der Waals surface area contributed by atoms with E-state index >= 15 is 0 Å². The van der Waals surface area contributed by atoms with Gasteiger partial charge in [0, 0.05) is 44.0 Å². The van der Waals surface area contributed by atoms with Gasteiger partial charge in [0.2, 0.25) is 0 Å². The van der Waals surface area contributed by atoms with E-state index in [0.29, 0.717) is 29.9 Å². The van der Waals surface area contributed by atoms with E-state index in [1.54, 1.807) is 25.4 Å². The fraction of sp³-hybridized carbons (Fsp3) is 0.542.